The number of carbonyl (C=O) groups excluding carboxylic acids is 2. The molecule has 0 aliphatic heterocycles. The summed E-state index contributed by atoms with van der Waals surface area (Å²) in [5, 5.41) is 0. The predicted molar refractivity (Wildman–Crippen MR) is 77.3 cm³/mol. The van der Waals surface area contributed by atoms with Gasteiger partial charge in [-0.05, 0) is 86.2 Å². The Balaban J connectivity index is 2.77. The van der Waals surface area contributed by atoms with E-state index in [4.69, 9.17) is 0 Å². The molecule has 0 N–H and O–H groups in total. The van der Waals surface area contributed by atoms with Crippen molar-refractivity contribution in [3.8, 4) is 0 Å². The zero-order chi connectivity index (χ0) is 14.3. The van der Waals surface area contributed by atoms with Gasteiger partial charge in [0.2, 0.25) is 0 Å². The Morgan fingerprint density at radius 3 is 1.68 bits per heavy atom. The van der Waals surface area contributed by atoms with Gasteiger partial charge in [-0.2, -0.15) is 0 Å². The SMILES string of the molecule is Cc1c(C)c(C)c(C2=CC(=O)C=CC2=O)c(C)c1C. The van der Waals surface area contributed by atoms with Crippen LogP contribution in [-0.4, -0.2) is 11.6 Å². The van der Waals surface area contributed by atoms with E-state index in [1.54, 1.807) is 0 Å². The molecule has 0 saturated carbocycles. The van der Waals surface area contributed by atoms with Crippen LogP contribution in [-0.2, 0) is 9.59 Å². The number of rotatable bonds is 1. The molecule has 98 valence electrons. The molecular weight excluding hydrogens is 236 g/mol. The zero-order valence-corrected chi connectivity index (χ0v) is 12.0. The summed E-state index contributed by atoms with van der Waals surface area (Å²) in [6.45, 7) is 10.2. The second-order valence-electron chi connectivity index (χ2n) is 5.16. The van der Waals surface area contributed by atoms with E-state index in [2.05, 4.69) is 20.8 Å². The van der Waals surface area contributed by atoms with Gasteiger partial charge >= 0.3 is 0 Å². The molecule has 0 saturated heterocycles. The normalized spacial score (nSPS) is 14.9. The third-order valence-corrected chi connectivity index (χ3v) is 4.22. The number of hydrogen-bond acceptors (Lipinski definition) is 2. The monoisotopic (exact) mass is 254 g/mol. The third-order valence-electron chi connectivity index (χ3n) is 4.22. The Labute approximate surface area is 113 Å². The van der Waals surface area contributed by atoms with E-state index in [9.17, 15) is 9.59 Å². The lowest BCUT2D eigenvalue weighted by molar-refractivity contribution is -0.113. The molecule has 2 nitrogen and oxygen atoms in total. The average Bonchev–Trinajstić information content (AvgIpc) is 2.38. The van der Waals surface area contributed by atoms with E-state index in [-0.39, 0.29) is 11.6 Å². The lowest BCUT2D eigenvalue weighted by Gasteiger charge is -2.20. The molecule has 0 amide bonds. The number of ketones is 2. The van der Waals surface area contributed by atoms with Crippen LogP contribution in [0.4, 0.5) is 0 Å². The minimum atomic E-state index is -0.121. The van der Waals surface area contributed by atoms with Crippen LogP contribution in [0.5, 0.6) is 0 Å². The van der Waals surface area contributed by atoms with Crippen molar-refractivity contribution >= 4 is 17.1 Å². The first-order chi connectivity index (χ1) is 8.84. The Morgan fingerprint density at radius 2 is 1.16 bits per heavy atom. The molecule has 2 heteroatoms. The summed E-state index contributed by atoms with van der Waals surface area (Å²) in [6, 6.07) is 0. The maximum atomic E-state index is 12.0. The fourth-order valence-electron chi connectivity index (χ4n) is 2.61. The Bertz CT molecular complexity index is 629. The summed E-state index contributed by atoms with van der Waals surface area (Å²) in [5.74, 6) is -0.210. The highest BCUT2D eigenvalue weighted by atomic mass is 16.1. The summed E-state index contributed by atoms with van der Waals surface area (Å²) in [5.41, 5.74) is 7.25. The van der Waals surface area contributed by atoms with Crippen LogP contribution in [0.3, 0.4) is 0 Å². The number of carbonyl (C=O) groups is 2. The molecule has 0 radical (unpaired) electrons. The van der Waals surface area contributed by atoms with E-state index in [0.29, 0.717) is 5.57 Å². The summed E-state index contributed by atoms with van der Waals surface area (Å²) in [4.78, 5) is 23.6. The van der Waals surface area contributed by atoms with E-state index in [1.165, 1.54) is 34.9 Å². The molecule has 0 aromatic heterocycles. The fourth-order valence-corrected chi connectivity index (χ4v) is 2.61. The van der Waals surface area contributed by atoms with Gasteiger partial charge in [-0.1, -0.05) is 0 Å². The molecule has 1 aromatic carbocycles. The van der Waals surface area contributed by atoms with Gasteiger partial charge in [0.05, 0.1) is 0 Å². The van der Waals surface area contributed by atoms with Gasteiger partial charge in [-0.25, -0.2) is 0 Å². The first-order valence-corrected chi connectivity index (χ1v) is 6.40. The van der Waals surface area contributed by atoms with Crippen molar-refractivity contribution in [2.75, 3.05) is 0 Å². The largest absolute Gasteiger partial charge is 0.290 e. The summed E-state index contributed by atoms with van der Waals surface area (Å²) >= 11 is 0. The lowest BCUT2D eigenvalue weighted by atomic mass is 9.83. The Kier molecular flexibility index (Phi) is 3.27. The predicted octanol–water partition coefficient (Wildman–Crippen LogP) is 3.32. The molecule has 2 rings (SSSR count). The van der Waals surface area contributed by atoms with Gasteiger partial charge in [-0.3, -0.25) is 9.59 Å². The molecule has 0 spiro atoms. The number of benzene rings is 1. The second-order valence-corrected chi connectivity index (χ2v) is 5.16. The standard InChI is InChI=1S/C17H18O2/c1-9-10(2)12(4)17(13(5)11(9)3)15-8-14(18)6-7-16(15)19/h6-8H,1-5H3. The van der Waals surface area contributed by atoms with Crippen molar-refractivity contribution in [3.63, 3.8) is 0 Å². The molecule has 1 aromatic rings. The van der Waals surface area contributed by atoms with Crippen molar-refractivity contribution in [2.24, 2.45) is 0 Å². The zero-order valence-electron chi connectivity index (χ0n) is 12.0. The van der Waals surface area contributed by atoms with Crippen molar-refractivity contribution in [2.45, 2.75) is 34.6 Å². The van der Waals surface area contributed by atoms with Gasteiger partial charge in [0, 0.05) is 5.57 Å². The van der Waals surface area contributed by atoms with Crippen LogP contribution in [0, 0.1) is 34.6 Å². The highest BCUT2D eigenvalue weighted by molar-refractivity contribution is 6.34. The molecule has 19 heavy (non-hydrogen) atoms. The number of allylic oxidation sites excluding steroid dienone is 4. The quantitative estimate of drug-likeness (QED) is 0.720. The van der Waals surface area contributed by atoms with Crippen molar-refractivity contribution < 1.29 is 9.59 Å². The molecule has 1 aliphatic rings. The molecule has 0 fully saturated rings. The second kappa shape index (κ2) is 4.61. The third kappa shape index (κ3) is 2.07. The highest BCUT2D eigenvalue weighted by Crippen LogP contribution is 2.32. The molecular formula is C17H18O2. The maximum absolute atomic E-state index is 12.0. The van der Waals surface area contributed by atoms with Gasteiger partial charge < -0.3 is 0 Å². The van der Waals surface area contributed by atoms with Crippen LogP contribution >= 0.6 is 0 Å². The summed E-state index contributed by atoms with van der Waals surface area (Å²) in [6.07, 6.45) is 4.14. The maximum Gasteiger partial charge on any atom is 0.186 e. The average molecular weight is 254 g/mol. The Hall–Kier alpha value is -1.96. The van der Waals surface area contributed by atoms with E-state index in [1.807, 2.05) is 13.8 Å². The van der Waals surface area contributed by atoms with E-state index >= 15 is 0 Å². The summed E-state index contributed by atoms with van der Waals surface area (Å²) in [7, 11) is 0. The van der Waals surface area contributed by atoms with Crippen LogP contribution < -0.4 is 0 Å². The van der Waals surface area contributed by atoms with Crippen molar-refractivity contribution in [3.05, 3.63) is 51.6 Å². The fraction of sp³-hybridized carbons (Fsp3) is 0.294. The molecule has 0 heterocycles. The topological polar surface area (TPSA) is 34.1 Å². The van der Waals surface area contributed by atoms with Crippen LogP contribution in [0.15, 0.2) is 18.2 Å². The molecule has 0 bridgehead atoms. The van der Waals surface area contributed by atoms with E-state index in [0.717, 1.165) is 16.7 Å². The van der Waals surface area contributed by atoms with Gasteiger partial charge in [-0.15, -0.1) is 0 Å². The first kappa shape index (κ1) is 13.5. The number of hydrogen-bond donors (Lipinski definition) is 0. The van der Waals surface area contributed by atoms with Crippen LogP contribution in [0.25, 0.3) is 5.57 Å². The van der Waals surface area contributed by atoms with Crippen molar-refractivity contribution in [1.82, 2.24) is 0 Å². The van der Waals surface area contributed by atoms with Crippen LogP contribution in [0.2, 0.25) is 0 Å². The highest BCUT2D eigenvalue weighted by Gasteiger charge is 2.21. The first-order valence-electron chi connectivity index (χ1n) is 6.40. The van der Waals surface area contributed by atoms with Gasteiger partial charge in [0.15, 0.2) is 11.6 Å². The Morgan fingerprint density at radius 1 is 0.684 bits per heavy atom. The van der Waals surface area contributed by atoms with Gasteiger partial charge in [0.25, 0.3) is 0 Å². The molecule has 0 unspecified atom stereocenters. The van der Waals surface area contributed by atoms with Gasteiger partial charge in [0.1, 0.15) is 0 Å². The molecule has 0 atom stereocenters. The van der Waals surface area contributed by atoms with E-state index < -0.39 is 0 Å². The minimum absolute atomic E-state index is 0.0894. The minimum Gasteiger partial charge on any atom is -0.290 e. The van der Waals surface area contributed by atoms with Crippen LogP contribution in [0.1, 0.15) is 33.4 Å². The summed E-state index contributed by atoms with van der Waals surface area (Å²) < 4.78 is 0. The van der Waals surface area contributed by atoms with Crippen molar-refractivity contribution in [1.29, 1.82) is 0 Å². The smallest absolute Gasteiger partial charge is 0.186 e. The molecule has 1 aliphatic carbocycles. The lowest BCUT2D eigenvalue weighted by Crippen LogP contribution is -2.11.